The highest BCUT2D eigenvalue weighted by molar-refractivity contribution is 6.46. The molecule has 2 aromatic carbocycles. The van der Waals surface area contributed by atoms with Gasteiger partial charge in [-0.05, 0) is 43.7 Å². The second-order valence-corrected chi connectivity index (χ2v) is 7.09. The first kappa shape index (κ1) is 20.6. The van der Waals surface area contributed by atoms with Crippen LogP contribution in [0.3, 0.4) is 0 Å². The smallest absolute Gasteiger partial charge is 0.295 e. The normalized spacial score (nSPS) is 18.5. The quantitative estimate of drug-likeness (QED) is 0.441. The van der Waals surface area contributed by atoms with E-state index >= 15 is 0 Å². The number of benzene rings is 2. The molecule has 2 aromatic rings. The van der Waals surface area contributed by atoms with E-state index in [0.29, 0.717) is 11.3 Å². The molecule has 0 spiro atoms. The first-order valence-corrected chi connectivity index (χ1v) is 9.53. The van der Waals surface area contributed by atoms with Crippen molar-refractivity contribution in [3.05, 3.63) is 71.3 Å². The molecule has 0 bridgehead atoms. The zero-order chi connectivity index (χ0) is 21.0. The van der Waals surface area contributed by atoms with Crippen LogP contribution >= 0.6 is 0 Å². The maximum atomic E-state index is 12.8. The van der Waals surface area contributed by atoms with E-state index in [1.54, 1.807) is 24.3 Å². The molecule has 6 nitrogen and oxygen atoms in total. The van der Waals surface area contributed by atoms with Gasteiger partial charge in [0.1, 0.15) is 11.5 Å². The summed E-state index contributed by atoms with van der Waals surface area (Å²) < 4.78 is 10.7. The molecule has 3 rings (SSSR count). The lowest BCUT2D eigenvalue weighted by atomic mass is 9.95. The summed E-state index contributed by atoms with van der Waals surface area (Å²) in [6.07, 6.45) is 0.0265. The molecule has 6 heteroatoms. The molecule has 1 aliphatic heterocycles. The third kappa shape index (κ3) is 4.32. The number of ketones is 1. The first-order chi connectivity index (χ1) is 13.9. The van der Waals surface area contributed by atoms with Gasteiger partial charge in [-0.1, -0.05) is 30.3 Å². The van der Waals surface area contributed by atoms with Crippen molar-refractivity contribution in [1.29, 1.82) is 0 Å². The van der Waals surface area contributed by atoms with Crippen molar-refractivity contribution in [3.63, 3.8) is 0 Å². The van der Waals surface area contributed by atoms with Gasteiger partial charge in [0.05, 0.1) is 24.3 Å². The van der Waals surface area contributed by atoms with Crippen molar-refractivity contribution in [1.82, 2.24) is 4.90 Å². The number of hydrogen-bond acceptors (Lipinski definition) is 5. The minimum absolute atomic E-state index is 0.0265. The molecule has 0 aromatic heterocycles. The topological polar surface area (TPSA) is 76.1 Å². The number of ether oxygens (including phenoxy) is 2. The Hall–Kier alpha value is -3.12. The summed E-state index contributed by atoms with van der Waals surface area (Å²) in [7, 11) is 1.54. The molecule has 1 amide bonds. The number of likely N-dealkylation sites (tertiary alicyclic amines) is 1. The highest BCUT2D eigenvalue weighted by atomic mass is 16.5. The van der Waals surface area contributed by atoms with Gasteiger partial charge in [-0.3, -0.25) is 9.59 Å². The molecule has 1 heterocycles. The molecule has 0 unspecified atom stereocenters. The van der Waals surface area contributed by atoms with Crippen molar-refractivity contribution < 1.29 is 24.2 Å². The highest BCUT2D eigenvalue weighted by Gasteiger charge is 2.45. The molecule has 0 aliphatic carbocycles. The number of methoxy groups -OCH3 is 1. The third-order valence-corrected chi connectivity index (χ3v) is 4.69. The van der Waals surface area contributed by atoms with Crippen molar-refractivity contribution >= 4 is 17.4 Å². The number of aliphatic hydroxyl groups excluding tert-OH is 1. The van der Waals surface area contributed by atoms with Crippen molar-refractivity contribution in [2.45, 2.75) is 26.0 Å². The van der Waals surface area contributed by atoms with Crippen LogP contribution in [0, 0.1) is 0 Å². The van der Waals surface area contributed by atoms with Crippen LogP contribution in [0.5, 0.6) is 5.75 Å². The Labute approximate surface area is 170 Å². The second-order valence-electron chi connectivity index (χ2n) is 7.09. The Bertz CT molecular complexity index is 903. The summed E-state index contributed by atoms with van der Waals surface area (Å²) in [5.74, 6) is -0.878. The van der Waals surface area contributed by atoms with Gasteiger partial charge in [0.2, 0.25) is 0 Å². The van der Waals surface area contributed by atoms with Crippen LogP contribution in [0.2, 0.25) is 0 Å². The third-order valence-electron chi connectivity index (χ3n) is 4.69. The molecule has 0 saturated carbocycles. The Morgan fingerprint density at radius 3 is 2.31 bits per heavy atom. The summed E-state index contributed by atoms with van der Waals surface area (Å²) >= 11 is 0. The number of hydrogen-bond donors (Lipinski definition) is 1. The minimum Gasteiger partial charge on any atom is -0.507 e. The molecular formula is C23H25NO5. The number of carbonyl (C=O) groups is 2. The van der Waals surface area contributed by atoms with Crippen LogP contribution in [0.25, 0.3) is 5.76 Å². The molecule has 1 N–H and O–H groups in total. The Morgan fingerprint density at radius 1 is 1.07 bits per heavy atom. The zero-order valence-electron chi connectivity index (χ0n) is 16.8. The summed E-state index contributed by atoms with van der Waals surface area (Å²) in [6.45, 7) is 4.39. The van der Waals surface area contributed by atoms with Crippen molar-refractivity contribution in [2.24, 2.45) is 0 Å². The SMILES string of the molecule is COCCN1C(=O)C(=O)/C(=C(/O)c2ccc(OC(C)C)cc2)[C@@H]1c1ccccc1. The molecule has 29 heavy (non-hydrogen) atoms. The lowest BCUT2D eigenvalue weighted by Gasteiger charge is -2.25. The van der Waals surface area contributed by atoms with Gasteiger partial charge in [-0.25, -0.2) is 0 Å². The number of Topliss-reactive ketones (excluding diaryl/α,β-unsaturated/α-hetero) is 1. The van der Waals surface area contributed by atoms with E-state index in [1.165, 1.54) is 12.0 Å². The molecule has 1 atom stereocenters. The molecule has 1 aliphatic rings. The molecule has 0 radical (unpaired) electrons. The fourth-order valence-corrected chi connectivity index (χ4v) is 3.40. The van der Waals surface area contributed by atoms with E-state index in [2.05, 4.69) is 0 Å². The van der Waals surface area contributed by atoms with Gasteiger partial charge in [0.15, 0.2) is 0 Å². The molecule has 1 fully saturated rings. The van der Waals surface area contributed by atoms with Gasteiger partial charge in [0, 0.05) is 19.2 Å². The Balaban J connectivity index is 2.05. The van der Waals surface area contributed by atoms with Gasteiger partial charge >= 0.3 is 0 Å². The number of aliphatic hydroxyl groups is 1. The van der Waals surface area contributed by atoms with E-state index < -0.39 is 17.7 Å². The fourth-order valence-electron chi connectivity index (χ4n) is 3.40. The van der Waals surface area contributed by atoms with Gasteiger partial charge in [-0.15, -0.1) is 0 Å². The van der Waals surface area contributed by atoms with Gasteiger partial charge in [-0.2, -0.15) is 0 Å². The monoisotopic (exact) mass is 395 g/mol. The van der Waals surface area contributed by atoms with Crippen LogP contribution < -0.4 is 4.74 Å². The van der Waals surface area contributed by atoms with Crippen LogP contribution in [0.4, 0.5) is 0 Å². The number of rotatable bonds is 7. The minimum atomic E-state index is -0.699. The highest BCUT2D eigenvalue weighted by Crippen LogP contribution is 2.39. The van der Waals surface area contributed by atoms with Crippen LogP contribution in [0.1, 0.15) is 31.0 Å². The standard InChI is InChI=1S/C23H25NO5/c1-15(2)29-18-11-9-17(10-12-18)21(25)19-20(16-7-5-4-6-8-16)24(13-14-28-3)23(27)22(19)26/h4-12,15,20,25H,13-14H2,1-3H3/b21-19+/t20-/m0/s1. The molecule has 1 saturated heterocycles. The lowest BCUT2D eigenvalue weighted by Crippen LogP contribution is -2.32. The average Bonchev–Trinajstić information content (AvgIpc) is 2.97. The number of nitrogens with zero attached hydrogens (tertiary/aromatic N) is 1. The Kier molecular flexibility index (Phi) is 6.34. The summed E-state index contributed by atoms with van der Waals surface area (Å²) in [6, 6.07) is 15.4. The van der Waals surface area contributed by atoms with Crippen LogP contribution in [0.15, 0.2) is 60.2 Å². The van der Waals surface area contributed by atoms with Gasteiger partial charge in [0.25, 0.3) is 11.7 Å². The first-order valence-electron chi connectivity index (χ1n) is 9.53. The maximum absolute atomic E-state index is 12.8. The van der Waals surface area contributed by atoms with Crippen LogP contribution in [-0.2, 0) is 14.3 Å². The molecule has 152 valence electrons. The Morgan fingerprint density at radius 2 is 1.72 bits per heavy atom. The summed E-state index contributed by atoms with van der Waals surface area (Å²) in [5.41, 5.74) is 1.28. The summed E-state index contributed by atoms with van der Waals surface area (Å²) in [5, 5.41) is 11.0. The predicted molar refractivity (Wildman–Crippen MR) is 110 cm³/mol. The van der Waals surface area contributed by atoms with Crippen LogP contribution in [-0.4, -0.2) is 48.1 Å². The summed E-state index contributed by atoms with van der Waals surface area (Å²) in [4.78, 5) is 26.9. The lowest BCUT2D eigenvalue weighted by molar-refractivity contribution is -0.140. The van der Waals surface area contributed by atoms with Crippen molar-refractivity contribution in [3.8, 4) is 5.75 Å². The van der Waals surface area contributed by atoms with E-state index in [4.69, 9.17) is 9.47 Å². The van der Waals surface area contributed by atoms with E-state index in [-0.39, 0.29) is 30.6 Å². The molecular weight excluding hydrogens is 370 g/mol. The number of amides is 1. The average molecular weight is 395 g/mol. The van der Waals surface area contributed by atoms with E-state index in [0.717, 1.165) is 5.56 Å². The number of carbonyl (C=O) groups excluding carboxylic acids is 2. The predicted octanol–water partition coefficient (Wildman–Crippen LogP) is 3.54. The second kappa shape index (κ2) is 8.92. The van der Waals surface area contributed by atoms with E-state index in [1.807, 2.05) is 44.2 Å². The maximum Gasteiger partial charge on any atom is 0.295 e. The van der Waals surface area contributed by atoms with Crippen molar-refractivity contribution in [2.75, 3.05) is 20.3 Å². The largest absolute Gasteiger partial charge is 0.507 e. The zero-order valence-corrected chi connectivity index (χ0v) is 16.8. The van der Waals surface area contributed by atoms with E-state index in [9.17, 15) is 14.7 Å². The fraction of sp³-hybridized carbons (Fsp3) is 0.304. The van der Waals surface area contributed by atoms with Gasteiger partial charge < -0.3 is 19.5 Å².